The van der Waals surface area contributed by atoms with Crippen molar-refractivity contribution >= 4 is 27.9 Å². The summed E-state index contributed by atoms with van der Waals surface area (Å²) in [4.78, 5) is 10.9. The summed E-state index contributed by atoms with van der Waals surface area (Å²) in [6.45, 7) is 2.74. The van der Waals surface area contributed by atoms with Gasteiger partial charge in [0.2, 0.25) is 0 Å². The first kappa shape index (κ1) is 13.7. The lowest BCUT2D eigenvalue weighted by atomic mass is 10.2. The number of hydrogen-bond donors (Lipinski definition) is 2. The Hall–Kier alpha value is -1.33. The van der Waals surface area contributed by atoms with Gasteiger partial charge in [-0.05, 0) is 46.1 Å². The molecular formula is C12H15BrN2O2. The highest BCUT2D eigenvalue weighted by molar-refractivity contribution is 9.10. The first-order valence-electron chi connectivity index (χ1n) is 5.28. The van der Waals surface area contributed by atoms with E-state index in [1.54, 1.807) is 6.08 Å². The van der Waals surface area contributed by atoms with Crippen LogP contribution in [0.1, 0.15) is 18.9 Å². The molecule has 4 nitrogen and oxygen atoms in total. The van der Waals surface area contributed by atoms with Gasteiger partial charge in [0.15, 0.2) is 0 Å². The minimum absolute atomic E-state index is 0.340. The van der Waals surface area contributed by atoms with Crippen molar-refractivity contribution < 1.29 is 9.53 Å². The Morgan fingerprint density at radius 1 is 1.59 bits per heavy atom. The van der Waals surface area contributed by atoms with Gasteiger partial charge in [0, 0.05) is 6.08 Å². The van der Waals surface area contributed by atoms with E-state index in [2.05, 4.69) is 22.9 Å². The molecule has 0 atom stereocenters. The molecule has 0 aliphatic carbocycles. The molecule has 0 spiro atoms. The van der Waals surface area contributed by atoms with Gasteiger partial charge in [0.05, 0.1) is 11.1 Å². The molecule has 1 aromatic rings. The Balaban J connectivity index is 2.74. The molecule has 0 unspecified atom stereocenters. The average Bonchev–Trinajstić information content (AvgIpc) is 2.34. The summed E-state index contributed by atoms with van der Waals surface area (Å²) in [5.41, 5.74) is 2.92. The summed E-state index contributed by atoms with van der Waals surface area (Å²) in [6.07, 6.45) is 4.01. The van der Waals surface area contributed by atoms with Gasteiger partial charge >= 0.3 is 0 Å². The Labute approximate surface area is 109 Å². The summed E-state index contributed by atoms with van der Waals surface area (Å²) >= 11 is 3.42. The number of amides is 1. The van der Waals surface area contributed by atoms with E-state index in [9.17, 15) is 4.79 Å². The van der Waals surface area contributed by atoms with Gasteiger partial charge in [0.25, 0.3) is 5.91 Å². The average molecular weight is 299 g/mol. The SMILES string of the molecule is CCCOc1ccc(/C=C/C(=O)NN)cc1Br. The first-order chi connectivity index (χ1) is 8.17. The number of nitrogens with one attached hydrogen (secondary N) is 1. The zero-order valence-electron chi connectivity index (χ0n) is 9.57. The largest absolute Gasteiger partial charge is 0.492 e. The van der Waals surface area contributed by atoms with E-state index in [-0.39, 0.29) is 5.91 Å². The van der Waals surface area contributed by atoms with Gasteiger partial charge in [-0.3, -0.25) is 10.2 Å². The standard InChI is InChI=1S/C12H15BrN2O2/c1-2-7-17-11-5-3-9(8-10(11)13)4-6-12(16)15-14/h3-6,8H,2,7,14H2,1H3,(H,15,16)/b6-4+. The van der Waals surface area contributed by atoms with Crippen molar-refractivity contribution in [2.45, 2.75) is 13.3 Å². The molecule has 17 heavy (non-hydrogen) atoms. The number of benzene rings is 1. The van der Waals surface area contributed by atoms with Gasteiger partial charge in [-0.1, -0.05) is 13.0 Å². The van der Waals surface area contributed by atoms with Crippen molar-refractivity contribution in [2.24, 2.45) is 5.84 Å². The molecule has 1 aromatic carbocycles. The molecular weight excluding hydrogens is 284 g/mol. The van der Waals surface area contributed by atoms with E-state index in [1.165, 1.54) is 6.08 Å². The van der Waals surface area contributed by atoms with Crippen LogP contribution < -0.4 is 16.0 Å². The highest BCUT2D eigenvalue weighted by Crippen LogP contribution is 2.26. The number of hydrazine groups is 1. The van der Waals surface area contributed by atoms with Gasteiger partial charge in [-0.15, -0.1) is 0 Å². The van der Waals surface area contributed by atoms with Crippen LogP contribution >= 0.6 is 15.9 Å². The summed E-state index contributed by atoms with van der Waals surface area (Å²) in [5.74, 6) is 5.42. The van der Waals surface area contributed by atoms with Crippen LogP contribution in [0.15, 0.2) is 28.7 Å². The number of carbonyl (C=O) groups excluding carboxylic acids is 1. The molecule has 1 rings (SSSR count). The second kappa shape index (κ2) is 7.09. The maximum Gasteiger partial charge on any atom is 0.257 e. The van der Waals surface area contributed by atoms with Crippen LogP contribution in [0, 0.1) is 0 Å². The Kier molecular flexibility index (Phi) is 5.72. The number of ether oxygens (including phenoxy) is 1. The van der Waals surface area contributed by atoms with Crippen molar-refractivity contribution in [3.05, 3.63) is 34.3 Å². The van der Waals surface area contributed by atoms with Crippen molar-refractivity contribution in [1.29, 1.82) is 0 Å². The topological polar surface area (TPSA) is 64.3 Å². The third-order valence-corrected chi connectivity index (χ3v) is 2.61. The van der Waals surface area contributed by atoms with Crippen LogP contribution in [0.5, 0.6) is 5.75 Å². The van der Waals surface area contributed by atoms with E-state index in [0.717, 1.165) is 22.2 Å². The quantitative estimate of drug-likeness (QED) is 0.379. The molecule has 0 bridgehead atoms. The van der Waals surface area contributed by atoms with Crippen LogP contribution in [0.25, 0.3) is 6.08 Å². The fourth-order valence-corrected chi connectivity index (χ4v) is 1.68. The molecule has 0 saturated carbocycles. The molecule has 0 radical (unpaired) electrons. The molecule has 5 heteroatoms. The van der Waals surface area contributed by atoms with Crippen LogP contribution in [0.4, 0.5) is 0 Å². The zero-order chi connectivity index (χ0) is 12.7. The number of carbonyl (C=O) groups is 1. The number of rotatable bonds is 5. The maximum atomic E-state index is 10.9. The second-order valence-corrected chi connectivity index (χ2v) is 4.23. The van der Waals surface area contributed by atoms with E-state index in [0.29, 0.717) is 6.61 Å². The fourth-order valence-electron chi connectivity index (χ4n) is 1.17. The summed E-state index contributed by atoms with van der Waals surface area (Å²) < 4.78 is 6.38. The molecule has 0 aliphatic heterocycles. The highest BCUT2D eigenvalue weighted by Gasteiger charge is 2.01. The molecule has 0 aromatic heterocycles. The summed E-state index contributed by atoms with van der Waals surface area (Å²) in [6, 6.07) is 5.61. The lowest BCUT2D eigenvalue weighted by molar-refractivity contribution is -0.116. The molecule has 3 N–H and O–H groups in total. The third kappa shape index (κ3) is 4.58. The smallest absolute Gasteiger partial charge is 0.257 e. The van der Waals surface area contributed by atoms with Crippen LogP contribution in [-0.4, -0.2) is 12.5 Å². The minimum Gasteiger partial charge on any atom is -0.492 e. The number of hydrogen-bond acceptors (Lipinski definition) is 3. The van der Waals surface area contributed by atoms with Crippen molar-refractivity contribution in [3.63, 3.8) is 0 Å². The Morgan fingerprint density at radius 2 is 2.35 bits per heavy atom. The minimum atomic E-state index is -0.340. The monoisotopic (exact) mass is 298 g/mol. The fraction of sp³-hybridized carbons (Fsp3) is 0.250. The summed E-state index contributed by atoms with van der Waals surface area (Å²) in [7, 11) is 0. The second-order valence-electron chi connectivity index (χ2n) is 3.38. The first-order valence-corrected chi connectivity index (χ1v) is 6.07. The van der Waals surface area contributed by atoms with E-state index in [1.807, 2.05) is 23.6 Å². The van der Waals surface area contributed by atoms with Crippen molar-refractivity contribution in [3.8, 4) is 5.75 Å². The molecule has 0 saturated heterocycles. The van der Waals surface area contributed by atoms with Crippen LogP contribution in [-0.2, 0) is 4.79 Å². The molecule has 92 valence electrons. The van der Waals surface area contributed by atoms with E-state index < -0.39 is 0 Å². The van der Waals surface area contributed by atoms with Crippen LogP contribution in [0.3, 0.4) is 0 Å². The van der Waals surface area contributed by atoms with Gasteiger partial charge < -0.3 is 4.74 Å². The highest BCUT2D eigenvalue weighted by atomic mass is 79.9. The van der Waals surface area contributed by atoms with Crippen molar-refractivity contribution in [2.75, 3.05) is 6.61 Å². The predicted molar refractivity (Wildman–Crippen MR) is 71.3 cm³/mol. The van der Waals surface area contributed by atoms with Crippen LogP contribution in [0.2, 0.25) is 0 Å². The number of halogens is 1. The summed E-state index contributed by atoms with van der Waals surface area (Å²) in [5, 5.41) is 0. The van der Waals surface area contributed by atoms with Gasteiger partial charge in [0.1, 0.15) is 5.75 Å². The molecule has 0 fully saturated rings. The molecule has 0 heterocycles. The van der Waals surface area contributed by atoms with Gasteiger partial charge in [-0.25, -0.2) is 5.84 Å². The maximum absolute atomic E-state index is 10.9. The lowest BCUT2D eigenvalue weighted by Gasteiger charge is -2.07. The third-order valence-electron chi connectivity index (χ3n) is 1.99. The zero-order valence-corrected chi connectivity index (χ0v) is 11.2. The molecule has 1 amide bonds. The van der Waals surface area contributed by atoms with Crippen molar-refractivity contribution in [1.82, 2.24) is 5.43 Å². The molecule has 0 aliphatic rings. The normalized spacial score (nSPS) is 10.5. The van der Waals surface area contributed by atoms with E-state index >= 15 is 0 Å². The lowest BCUT2D eigenvalue weighted by Crippen LogP contribution is -2.27. The Bertz CT molecular complexity index is 419. The predicted octanol–water partition coefficient (Wildman–Crippen LogP) is 2.24. The number of nitrogens with two attached hydrogens (primary N) is 1. The van der Waals surface area contributed by atoms with E-state index in [4.69, 9.17) is 10.6 Å². The Morgan fingerprint density at radius 3 is 2.94 bits per heavy atom. The van der Waals surface area contributed by atoms with Gasteiger partial charge in [-0.2, -0.15) is 0 Å².